The molecule has 0 saturated heterocycles. The molecule has 0 radical (unpaired) electrons. The molecular weight excluding hydrogens is 939 g/mol. The molecule has 0 N–H and O–H groups in total. The number of unbranched alkanes of at least 4 members (excludes halogenated alkanes) is 19. The van der Waals surface area contributed by atoms with E-state index in [0.717, 1.165) is 12.8 Å². The summed E-state index contributed by atoms with van der Waals surface area (Å²) in [4.78, 5) is 0. The van der Waals surface area contributed by atoms with E-state index < -0.39 is 8.07 Å². The summed E-state index contributed by atoms with van der Waals surface area (Å²) in [5.41, 5.74) is 11.2. The first-order chi connectivity index (χ1) is 31.5. The molecule has 0 nitrogen and oxygen atoms in total. The van der Waals surface area contributed by atoms with Gasteiger partial charge < -0.3 is 37.2 Å². The predicted molar refractivity (Wildman–Crippen MR) is 290 cm³/mol. The van der Waals surface area contributed by atoms with Crippen LogP contribution in [0.25, 0.3) is 0 Å². The van der Waals surface area contributed by atoms with Crippen molar-refractivity contribution in [3.63, 3.8) is 0 Å². The summed E-state index contributed by atoms with van der Waals surface area (Å²) in [7, 11) is -2.83. The fourth-order valence-corrected chi connectivity index (χ4v) is 16.3. The molecule has 1 aliphatic rings. The summed E-state index contributed by atoms with van der Waals surface area (Å²) < 4.78 is 0. The van der Waals surface area contributed by atoms with Crippen LogP contribution in [-0.2, 0) is 60.2 Å². The molecule has 0 spiro atoms. The smallest absolute Gasteiger partial charge is 1.00 e. The standard InChI is InChI=1S/C63H99Si.3ClH.Ti/c1-8-15-22-28-35-53-44-54(36-29-23-16-9-2)48-60(47-53)64(63-43-34-42-59(63)41-21-14-7,61-49-55(37-30-24-17-10-3)45-56(50-61)38-31-25-18-11-4)62-51-57(39-32-26-19-12-5)46-58(52-62)40-33-27-20-13-6;;;;/h34,44-52H,8-33,35-41,43H2,1-7H3;3*1H;/q-1;;;;+4/p-3. The monoisotopic (exact) mass is 1040 g/mol. The molecule has 5 heteroatoms. The van der Waals surface area contributed by atoms with Crippen LogP contribution in [0.3, 0.4) is 0 Å². The summed E-state index contributed by atoms with van der Waals surface area (Å²) in [6.45, 7) is 16.5. The maximum Gasteiger partial charge on any atom is 4.00 e. The van der Waals surface area contributed by atoms with Crippen molar-refractivity contribution in [1.29, 1.82) is 0 Å². The number of rotatable bonds is 37. The van der Waals surface area contributed by atoms with Crippen LogP contribution in [-0.4, -0.2) is 8.07 Å². The third kappa shape index (κ3) is 22.4. The van der Waals surface area contributed by atoms with E-state index in [0.29, 0.717) is 0 Å². The molecule has 0 aliphatic heterocycles. The van der Waals surface area contributed by atoms with E-state index in [9.17, 15) is 0 Å². The Hall–Kier alpha value is -1.06. The molecule has 0 aromatic heterocycles. The van der Waals surface area contributed by atoms with Gasteiger partial charge in [0.2, 0.25) is 0 Å². The number of halogens is 3. The van der Waals surface area contributed by atoms with Crippen LogP contribution < -0.4 is 52.8 Å². The maximum absolute atomic E-state index is 4.02. The third-order valence-corrected chi connectivity index (χ3v) is 19.4. The maximum atomic E-state index is 4.02. The van der Waals surface area contributed by atoms with Gasteiger partial charge in [-0.05, 0) is 110 Å². The van der Waals surface area contributed by atoms with E-state index in [-0.39, 0.29) is 58.9 Å². The van der Waals surface area contributed by atoms with Gasteiger partial charge in [-0.2, -0.15) is 6.08 Å². The Morgan fingerprint density at radius 3 is 0.809 bits per heavy atom. The van der Waals surface area contributed by atoms with Crippen LogP contribution in [0.4, 0.5) is 0 Å². The topological polar surface area (TPSA) is 0 Å². The average molecular weight is 1040 g/mol. The summed E-state index contributed by atoms with van der Waals surface area (Å²) in [6.07, 6.45) is 50.0. The minimum Gasteiger partial charge on any atom is -1.00 e. The van der Waals surface area contributed by atoms with Crippen molar-refractivity contribution in [2.24, 2.45) is 0 Å². The quantitative estimate of drug-likeness (QED) is 0.0235. The fraction of sp³-hybridized carbons (Fsp3) is 0.651. The summed E-state index contributed by atoms with van der Waals surface area (Å²) >= 11 is 0. The first-order valence-corrected chi connectivity index (χ1v) is 30.2. The van der Waals surface area contributed by atoms with Crippen LogP contribution in [0.15, 0.2) is 71.4 Å². The Morgan fingerprint density at radius 1 is 0.324 bits per heavy atom. The number of aryl methyl sites for hydroxylation is 6. The van der Waals surface area contributed by atoms with Gasteiger partial charge in [-0.3, -0.25) is 6.08 Å². The molecule has 0 fully saturated rings. The van der Waals surface area contributed by atoms with Gasteiger partial charge in [-0.25, -0.2) is 10.8 Å². The molecule has 0 atom stereocenters. The van der Waals surface area contributed by atoms with E-state index in [4.69, 9.17) is 0 Å². The second kappa shape index (κ2) is 40.4. The number of hydrogen-bond acceptors (Lipinski definition) is 0. The zero-order valence-electron chi connectivity index (χ0n) is 44.9. The van der Waals surface area contributed by atoms with Crippen molar-refractivity contribution < 1.29 is 58.9 Å². The van der Waals surface area contributed by atoms with Crippen LogP contribution in [0.1, 0.15) is 262 Å². The Bertz CT molecular complexity index is 1530. The molecule has 0 saturated carbocycles. The summed E-state index contributed by atoms with van der Waals surface area (Å²) in [5, 5.41) is 6.83. The third-order valence-electron chi connectivity index (χ3n) is 14.6. The van der Waals surface area contributed by atoms with Crippen molar-refractivity contribution in [3.8, 4) is 0 Å². The number of allylic oxidation sites excluding steroid dienone is 4. The minimum absolute atomic E-state index is 0. The molecule has 3 aromatic rings. The van der Waals surface area contributed by atoms with Gasteiger partial charge >= 0.3 is 21.7 Å². The second-order valence-corrected chi connectivity index (χ2v) is 24.2. The average Bonchev–Trinajstić information content (AvgIpc) is 3.78. The van der Waals surface area contributed by atoms with E-state index in [1.165, 1.54) is 205 Å². The minimum atomic E-state index is -2.83. The Balaban J connectivity index is 0.0000112. The Morgan fingerprint density at radius 2 is 0.574 bits per heavy atom. The van der Waals surface area contributed by atoms with Crippen LogP contribution in [0.2, 0.25) is 0 Å². The Labute approximate surface area is 456 Å². The van der Waals surface area contributed by atoms with Crippen molar-refractivity contribution in [2.75, 3.05) is 0 Å². The fourth-order valence-electron chi connectivity index (χ4n) is 10.8. The molecule has 3 aromatic carbocycles. The van der Waals surface area contributed by atoms with E-state index in [2.05, 4.69) is 115 Å². The molecule has 68 heavy (non-hydrogen) atoms. The summed E-state index contributed by atoms with van der Waals surface area (Å²) in [5.74, 6) is 0. The van der Waals surface area contributed by atoms with Crippen molar-refractivity contribution in [1.82, 2.24) is 0 Å². The van der Waals surface area contributed by atoms with E-state index in [1.54, 1.807) is 59.7 Å². The first kappa shape index (κ1) is 66.9. The molecular formula is C63H99Cl3SiTi. The summed E-state index contributed by atoms with van der Waals surface area (Å²) in [6, 6.07) is 24.8. The van der Waals surface area contributed by atoms with Crippen molar-refractivity contribution >= 4 is 23.6 Å². The second-order valence-electron chi connectivity index (χ2n) is 20.3. The number of hydrogen-bond donors (Lipinski definition) is 0. The van der Waals surface area contributed by atoms with Gasteiger partial charge in [0.25, 0.3) is 0 Å². The van der Waals surface area contributed by atoms with Gasteiger partial charge in [0.1, 0.15) is 0 Å². The van der Waals surface area contributed by atoms with E-state index in [1.807, 2.05) is 0 Å². The van der Waals surface area contributed by atoms with Gasteiger partial charge in [-0.15, -0.1) is 0 Å². The zero-order valence-corrected chi connectivity index (χ0v) is 49.8. The van der Waals surface area contributed by atoms with Crippen LogP contribution in [0.5, 0.6) is 0 Å². The van der Waals surface area contributed by atoms with Crippen molar-refractivity contribution in [3.05, 3.63) is 111 Å². The number of benzene rings is 3. The van der Waals surface area contributed by atoms with Gasteiger partial charge in [0.05, 0.1) is 8.07 Å². The van der Waals surface area contributed by atoms with E-state index >= 15 is 0 Å². The molecule has 1 aliphatic carbocycles. The normalized spacial score (nSPS) is 12.2. The molecule has 4 rings (SSSR count). The molecule has 0 bridgehead atoms. The molecule has 0 heterocycles. The van der Waals surface area contributed by atoms with Crippen molar-refractivity contribution in [2.45, 2.75) is 267 Å². The molecule has 0 unspecified atom stereocenters. The SMILES string of the molecule is CCCCCCc1cc(CCCCCC)cc([Si](C2=C(CCCC)[C-]=CC2)(c2cc(CCCCCC)cc(CCCCCC)c2)c2cc(CCCCCC)cc(CCCCCC)c2)c1.[Cl-].[Cl-].[Cl-].[Ti+4]. The van der Waals surface area contributed by atoms with Gasteiger partial charge in [0, 0.05) is 0 Å². The predicted octanol–water partition coefficient (Wildman–Crippen LogP) is 8.69. The zero-order chi connectivity index (χ0) is 45.7. The Kier molecular flexibility index (Phi) is 39.8. The molecule has 380 valence electrons. The van der Waals surface area contributed by atoms with Crippen LogP contribution in [0, 0.1) is 6.08 Å². The largest absolute Gasteiger partial charge is 4.00 e. The first-order valence-electron chi connectivity index (χ1n) is 28.2. The van der Waals surface area contributed by atoms with Crippen LogP contribution >= 0.6 is 0 Å². The molecule has 0 amide bonds. The van der Waals surface area contributed by atoms with Gasteiger partial charge in [0.15, 0.2) is 0 Å². The van der Waals surface area contributed by atoms with Gasteiger partial charge in [-0.1, -0.05) is 260 Å².